The van der Waals surface area contributed by atoms with Crippen LogP contribution in [0, 0.1) is 0 Å². The van der Waals surface area contributed by atoms with Gasteiger partial charge in [0.1, 0.15) is 5.75 Å². The van der Waals surface area contributed by atoms with Crippen molar-refractivity contribution in [3.63, 3.8) is 0 Å². The fourth-order valence-electron chi connectivity index (χ4n) is 4.92. The Morgan fingerprint density at radius 3 is 1.73 bits per heavy atom. The average Bonchev–Trinajstić information content (AvgIpc) is 2.88. The molecule has 0 amide bonds. The molecule has 226 valence electrons. The second kappa shape index (κ2) is 19.3. The molecular weight excluding hydrogens is 516 g/mol. The number of nitrogens with zero attached hydrogens (tertiary/aromatic N) is 4. The lowest BCUT2D eigenvalue weighted by Gasteiger charge is -2.29. The smallest absolute Gasteiger partial charge is 0.317 e. The number of rotatable bonds is 18. The van der Waals surface area contributed by atoms with Crippen LogP contribution in [0.1, 0.15) is 82.5 Å². The molecule has 2 bridgehead atoms. The molecular formula is C29H48N4O7. The highest BCUT2D eigenvalue weighted by Crippen LogP contribution is 2.21. The maximum absolute atomic E-state index is 11.6. The standard InChI is InChI=1S/C29H48N4O7/c1-2-3-4-5-6-7-8-9-10-11-18-40-26-13-12-24-19-32(22-28(36)37)16-14-31(21-27(34)35)15-17-33(23-29(38)39)20-25(26)30-24/h12-13H,2-11,14-23H2,1H3,(H,34,35)(H,36,37)(H,38,39). The number of hydrogen-bond acceptors (Lipinski definition) is 8. The summed E-state index contributed by atoms with van der Waals surface area (Å²) in [6, 6.07) is 3.66. The molecule has 1 aliphatic rings. The van der Waals surface area contributed by atoms with Gasteiger partial charge in [-0.3, -0.25) is 34.1 Å². The number of ether oxygens (including phenoxy) is 1. The van der Waals surface area contributed by atoms with Crippen molar-refractivity contribution < 1.29 is 34.4 Å². The zero-order chi connectivity index (χ0) is 29.2. The summed E-state index contributed by atoms with van der Waals surface area (Å²) in [5.41, 5.74) is 1.26. The lowest BCUT2D eigenvalue weighted by Crippen LogP contribution is -2.44. The highest BCUT2D eigenvalue weighted by Gasteiger charge is 2.21. The molecule has 0 fully saturated rings. The van der Waals surface area contributed by atoms with Gasteiger partial charge in [0, 0.05) is 39.3 Å². The molecule has 1 aromatic rings. The van der Waals surface area contributed by atoms with Crippen molar-refractivity contribution in [1.82, 2.24) is 19.7 Å². The van der Waals surface area contributed by atoms with E-state index in [0.29, 0.717) is 49.9 Å². The van der Waals surface area contributed by atoms with Crippen LogP contribution in [-0.4, -0.2) is 105 Å². The molecule has 0 spiro atoms. The molecule has 2 rings (SSSR count). The van der Waals surface area contributed by atoms with Crippen LogP contribution in [0.25, 0.3) is 0 Å². The maximum Gasteiger partial charge on any atom is 0.317 e. The third kappa shape index (κ3) is 14.6. The number of aromatic nitrogens is 1. The monoisotopic (exact) mass is 564 g/mol. The first-order chi connectivity index (χ1) is 19.3. The van der Waals surface area contributed by atoms with E-state index in [0.717, 1.165) is 12.8 Å². The summed E-state index contributed by atoms with van der Waals surface area (Å²) in [7, 11) is 0. The van der Waals surface area contributed by atoms with E-state index in [4.69, 9.17) is 9.72 Å². The predicted molar refractivity (Wildman–Crippen MR) is 151 cm³/mol. The molecule has 0 aromatic carbocycles. The number of carboxylic acid groups (broad SMARTS) is 3. The summed E-state index contributed by atoms with van der Waals surface area (Å²) >= 11 is 0. The molecule has 1 aromatic heterocycles. The number of hydrogen-bond donors (Lipinski definition) is 3. The summed E-state index contributed by atoms with van der Waals surface area (Å²) in [6.07, 6.45) is 12.3. The normalized spacial score (nSPS) is 15.7. The van der Waals surface area contributed by atoms with Gasteiger partial charge in [0.2, 0.25) is 0 Å². The minimum Gasteiger partial charge on any atom is -0.492 e. The van der Waals surface area contributed by atoms with Crippen LogP contribution in [0.5, 0.6) is 5.75 Å². The molecule has 0 saturated carbocycles. The Labute approximate surface area is 238 Å². The van der Waals surface area contributed by atoms with Crippen molar-refractivity contribution >= 4 is 17.9 Å². The van der Waals surface area contributed by atoms with Crippen LogP contribution in [0.4, 0.5) is 0 Å². The van der Waals surface area contributed by atoms with E-state index in [1.807, 2.05) is 12.1 Å². The Kier molecular flexibility index (Phi) is 16.2. The Hall–Kier alpha value is -2.76. The summed E-state index contributed by atoms with van der Waals surface area (Å²) in [4.78, 5) is 44.4. The molecule has 11 nitrogen and oxygen atoms in total. The Balaban J connectivity index is 2.05. The van der Waals surface area contributed by atoms with E-state index in [2.05, 4.69) is 6.92 Å². The maximum atomic E-state index is 11.6. The first-order valence-electron chi connectivity index (χ1n) is 14.7. The van der Waals surface area contributed by atoms with Gasteiger partial charge in [-0.15, -0.1) is 0 Å². The van der Waals surface area contributed by atoms with Crippen molar-refractivity contribution in [2.24, 2.45) is 0 Å². The third-order valence-corrected chi connectivity index (χ3v) is 7.05. The van der Waals surface area contributed by atoms with Crippen molar-refractivity contribution in [1.29, 1.82) is 0 Å². The fraction of sp³-hybridized carbons (Fsp3) is 0.724. The Morgan fingerprint density at radius 1 is 0.700 bits per heavy atom. The van der Waals surface area contributed by atoms with Gasteiger partial charge >= 0.3 is 17.9 Å². The summed E-state index contributed by atoms with van der Waals surface area (Å²) in [5.74, 6) is -2.34. The Bertz CT molecular complexity index is 914. The van der Waals surface area contributed by atoms with E-state index in [1.54, 1.807) is 14.7 Å². The van der Waals surface area contributed by atoms with E-state index in [1.165, 1.54) is 51.4 Å². The van der Waals surface area contributed by atoms with Crippen LogP contribution >= 0.6 is 0 Å². The van der Waals surface area contributed by atoms with Crippen molar-refractivity contribution in [3.8, 4) is 5.75 Å². The molecule has 40 heavy (non-hydrogen) atoms. The third-order valence-electron chi connectivity index (χ3n) is 7.05. The average molecular weight is 565 g/mol. The highest BCUT2D eigenvalue weighted by atomic mass is 16.5. The van der Waals surface area contributed by atoms with Gasteiger partial charge in [-0.05, 0) is 18.6 Å². The topological polar surface area (TPSA) is 144 Å². The van der Waals surface area contributed by atoms with E-state index in [-0.39, 0.29) is 32.7 Å². The number of pyridine rings is 1. The predicted octanol–water partition coefficient (Wildman–Crippen LogP) is 3.55. The van der Waals surface area contributed by atoms with Crippen LogP contribution < -0.4 is 4.74 Å². The molecule has 0 aliphatic carbocycles. The number of aliphatic carboxylic acids is 3. The van der Waals surface area contributed by atoms with Gasteiger partial charge in [0.25, 0.3) is 0 Å². The largest absolute Gasteiger partial charge is 0.492 e. The zero-order valence-electron chi connectivity index (χ0n) is 24.1. The number of carbonyl (C=O) groups is 3. The molecule has 0 unspecified atom stereocenters. The molecule has 0 atom stereocenters. The van der Waals surface area contributed by atoms with E-state index >= 15 is 0 Å². The van der Waals surface area contributed by atoms with Gasteiger partial charge in [-0.1, -0.05) is 64.7 Å². The van der Waals surface area contributed by atoms with Gasteiger partial charge in [0.15, 0.2) is 0 Å². The first-order valence-corrected chi connectivity index (χ1v) is 14.7. The fourth-order valence-corrected chi connectivity index (χ4v) is 4.92. The molecule has 0 saturated heterocycles. The summed E-state index contributed by atoms with van der Waals surface area (Å²) < 4.78 is 6.10. The van der Waals surface area contributed by atoms with E-state index in [9.17, 15) is 29.7 Å². The van der Waals surface area contributed by atoms with Crippen LogP contribution in [-0.2, 0) is 27.5 Å². The second-order valence-electron chi connectivity index (χ2n) is 10.7. The minimum atomic E-state index is -0.990. The molecule has 2 heterocycles. The highest BCUT2D eigenvalue weighted by molar-refractivity contribution is 5.70. The number of fused-ring (bicyclic) bond motifs is 2. The number of unbranched alkanes of at least 4 members (excludes halogenated alkanes) is 9. The SMILES string of the molecule is CCCCCCCCCCCCOc1ccc2nc1CN(CC(=O)O)CCN(CC(=O)O)CCN(CC(=O)O)C2. The zero-order valence-corrected chi connectivity index (χ0v) is 24.1. The second-order valence-corrected chi connectivity index (χ2v) is 10.7. The molecule has 3 N–H and O–H groups in total. The lowest BCUT2D eigenvalue weighted by molar-refractivity contribution is -0.140. The van der Waals surface area contributed by atoms with Crippen molar-refractivity contribution in [2.75, 3.05) is 52.4 Å². The quantitative estimate of drug-likeness (QED) is 0.225. The Morgan fingerprint density at radius 2 is 1.18 bits per heavy atom. The van der Waals surface area contributed by atoms with Gasteiger partial charge in [0.05, 0.1) is 37.6 Å². The van der Waals surface area contributed by atoms with Gasteiger partial charge in [-0.2, -0.15) is 0 Å². The van der Waals surface area contributed by atoms with Crippen LogP contribution in [0.2, 0.25) is 0 Å². The lowest BCUT2D eigenvalue weighted by atomic mass is 10.1. The molecule has 11 heteroatoms. The van der Waals surface area contributed by atoms with Crippen molar-refractivity contribution in [3.05, 3.63) is 23.5 Å². The van der Waals surface area contributed by atoms with Crippen LogP contribution in [0.3, 0.4) is 0 Å². The van der Waals surface area contributed by atoms with Gasteiger partial charge < -0.3 is 20.1 Å². The minimum absolute atomic E-state index is 0.194. The van der Waals surface area contributed by atoms with E-state index < -0.39 is 17.9 Å². The van der Waals surface area contributed by atoms with Gasteiger partial charge in [-0.25, -0.2) is 0 Å². The molecule has 0 radical (unpaired) electrons. The number of carboxylic acids is 3. The summed E-state index contributed by atoms with van der Waals surface area (Å²) in [6.45, 7) is 3.99. The summed E-state index contributed by atoms with van der Waals surface area (Å²) in [5, 5.41) is 28.2. The van der Waals surface area contributed by atoms with Crippen molar-refractivity contribution in [2.45, 2.75) is 84.2 Å². The van der Waals surface area contributed by atoms with Crippen LogP contribution in [0.15, 0.2) is 12.1 Å². The molecule has 1 aliphatic heterocycles. The first kappa shape index (κ1) is 33.4.